The quantitative estimate of drug-likeness (QED) is 0.631. The van der Waals surface area contributed by atoms with Gasteiger partial charge in [0.25, 0.3) is 0 Å². The van der Waals surface area contributed by atoms with Crippen molar-refractivity contribution in [3.05, 3.63) is 108 Å². The lowest BCUT2D eigenvalue weighted by Gasteiger charge is -2.28. The summed E-state index contributed by atoms with van der Waals surface area (Å²) in [6.07, 6.45) is -0.606. The van der Waals surface area contributed by atoms with Crippen molar-refractivity contribution in [3.63, 3.8) is 0 Å². The van der Waals surface area contributed by atoms with Crippen LogP contribution in [0.2, 0.25) is 0 Å². The standard InChI is InChI=1S/C26H27NO2/c1-21(25(28)22-13-6-3-7-14-22)27(2)20-12-19-26(29,23-15-8-4-9-16-23)24-17-10-5-11-18-24/h3-11,13-18,21,25,28-29H,20H2,1-2H3. The van der Waals surface area contributed by atoms with Gasteiger partial charge in [-0.3, -0.25) is 4.90 Å². The van der Waals surface area contributed by atoms with Gasteiger partial charge in [0, 0.05) is 17.2 Å². The molecule has 0 saturated heterocycles. The highest BCUT2D eigenvalue weighted by molar-refractivity contribution is 5.44. The second kappa shape index (κ2) is 9.54. The number of likely N-dealkylation sites (N-methyl/N-ethyl adjacent to an activating group) is 1. The predicted octanol–water partition coefficient (Wildman–Crippen LogP) is 3.98. The van der Waals surface area contributed by atoms with Gasteiger partial charge < -0.3 is 10.2 Å². The first-order valence-electron chi connectivity index (χ1n) is 9.79. The molecule has 0 aromatic heterocycles. The fourth-order valence-electron chi connectivity index (χ4n) is 3.28. The normalized spacial score (nSPS) is 13.4. The molecule has 0 bridgehead atoms. The molecule has 0 saturated carbocycles. The van der Waals surface area contributed by atoms with Crippen LogP contribution in [0, 0.1) is 11.8 Å². The molecule has 3 rings (SSSR count). The average Bonchev–Trinajstić information content (AvgIpc) is 2.79. The number of benzene rings is 3. The molecule has 0 fully saturated rings. The monoisotopic (exact) mass is 385 g/mol. The molecular weight excluding hydrogens is 358 g/mol. The predicted molar refractivity (Wildman–Crippen MR) is 117 cm³/mol. The zero-order chi connectivity index (χ0) is 20.7. The van der Waals surface area contributed by atoms with Crippen molar-refractivity contribution in [1.82, 2.24) is 4.90 Å². The molecule has 29 heavy (non-hydrogen) atoms. The van der Waals surface area contributed by atoms with Crippen molar-refractivity contribution >= 4 is 0 Å². The highest BCUT2D eigenvalue weighted by Gasteiger charge is 2.29. The maximum absolute atomic E-state index is 11.5. The highest BCUT2D eigenvalue weighted by atomic mass is 16.3. The second-order valence-electron chi connectivity index (χ2n) is 7.26. The Bertz CT molecular complexity index is 906. The van der Waals surface area contributed by atoms with Gasteiger partial charge in [0.05, 0.1) is 12.6 Å². The van der Waals surface area contributed by atoms with Gasteiger partial charge in [-0.1, -0.05) is 103 Å². The Balaban J connectivity index is 1.80. The number of hydrogen-bond acceptors (Lipinski definition) is 3. The van der Waals surface area contributed by atoms with E-state index in [0.717, 1.165) is 16.7 Å². The Kier molecular flexibility index (Phi) is 6.85. The van der Waals surface area contributed by atoms with Crippen LogP contribution >= 0.6 is 0 Å². The Labute approximate surface area is 173 Å². The van der Waals surface area contributed by atoms with Crippen LogP contribution in [0.1, 0.15) is 29.7 Å². The third kappa shape index (κ3) is 4.93. The van der Waals surface area contributed by atoms with Crippen LogP contribution in [0.5, 0.6) is 0 Å². The second-order valence-corrected chi connectivity index (χ2v) is 7.26. The summed E-state index contributed by atoms with van der Waals surface area (Å²) >= 11 is 0. The summed E-state index contributed by atoms with van der Waals surface area (Å²) in [7, 11) is 1.93. The highest BCUT2D eigenvalue weighted by Crippen LogP contribution is 2.28. The van der Waals surface area contributed by atoms with E-state index >= 15 is 0 Å². The maximum Gasteiger partial charge on any atom is 0.176 e. The lowest BCUT2D eigenvalue weighted by Crippen LogP contribution is -2.35. The van der Waals surface area contributed by atoms with Crippen molar-refractivity contribution in [3.8, 4) is 11.8 Å². The first-order chi connectivity index (χ1) is 14.0. The number of aliphatic hydroxyl groups excluding tert-OH is 1. The fraction of sp³-hybridized carbons (Fsp3) is 0.231. The number of nitrogens with zero attached hydrogens (tertiary/aromatic N) is 1. The van der Waals surface area contributed by atoms with E-state index in [1.54, 1.807) is 0 Å². The van der Waals surface area contributed by atoms with E-state index in [-0.39, 0.29) is 6.04 Å². The van der Waals surface area contributed by atoms with E-state index in [9.17, 15) is 10.2 Å². The number of rotatable bonds is 6. The molecule has 0 aliphatic carbocycles. The zero-order valence-electron chi connectivity index (χ0n) is 16.9. The molecule has 2 N–H and O–H groups in total. The summed E-state index contributed by atoms with van der Waals surface area (Å²) in [4.78, 5) is 1.99. The molecule has 3 heteroatoms. The number of hydrogen-bond donors (Lipinski definition) is 2. The Morgan fingerprint density at radius 1 is 0.828 bits per heavy atom. The zero-order valence-corrected chi connectivity index (χ0v) is 16.9. The van der Waals surface area contributed by atoms with E-state index in [1.807, 2.05) is 110 Å². The largest absolute Gasteiger partial charge is 0.387 e. The topological polar surface area (TPSA) is 43.7 Å². The summed E-state index contributed by atoms with van der Waals surface area (Å²) in [6.45, 7) is 2.40. The van der Waals surface area contributed by atoms with Crippen molar-refractivity contribution < 1.29 is 10.2 Å². The summed E-state index contributed by atoms with van der Waals surface area (Å²) < 4.78 is 0. The van der Waals surface area contributed by atoms with Gasteiger partial charge in [-0.25, -0.2) is 0 Å². The molecule has 0 amide bonds. The molecule has 0 heterocycles. The molecular formula is C26H27NO2. The minimum Gasteiger partial charge on any atom is -0.387 e. The van der Waals surface area contributed by atoms with Gasteiger partial charge in [-0.15, -0.1) is 0 Å². The van der Waals surface area contributed by atoms with Crippen LogP contribution in [0.4, 0.5) is 0 Å². The molecule has 2 unspecified atom stereocenters. The summed E-state index contributed by atoms with van der Waals surface area (Å²) in [5.74, 6) is 6.20. The summed E-state index contributed by atoms with van der Waals surface area (Å²) in [5.41, 5.74) is 0.965. The molecule has 0 aliphatic rings. The van der Waals surface area contributed by atoms with Crippen molar-refractivity contribution in [2.75, 3.05) is 13.6 Å². The van der Waals surface area contributed by atoms with E-state index in [2.05, 4.69) is 11.8 Å². The van der Waals surface area contributed by atoms with Gasteiger partial charge in [-0.2, -0.15) is 0 Å². The van der Waals surface area contributed by atoms with E-state index in [1.165, 1.54) is 0 Å². The summed E-state index contributed by atoms with van der Waals surface area (Å²) in [6, 6.07) is 28.5. The third-order valence-electron chi connectivity index (χ3n) is 5.27. The lowest BCUT2D eigenvalue weighted by atomic mass is 9.87. The van der Waals surface area contributed by atoms with Gasteiger partial charge in [0.15, 0.2) is 5.60 Å². The van der Waals surface area contributed by atoms with Crippen molar-refractivity contribution in [2.45, 2.75) is 24.7 Å². The van der Waals surface area contributed by atoms with E-state index < -0.39 is 11.7 Å². The first-order valence-corrected chi connectivity index (χ1v) is 9.79. The van der Waals surface area contributed by atoms with E-state index in [4.69, 9.17) is 0 Å². The van der Waals surface area contributed by atoms with Gasteiger partial charge in [0.1, 0.15) is 0 Å². The van der Waals surface area contributed by atoms with Crippen LogP contribution in [0.3, 0.4) is 0 Å². The van der Waals surface area contributed by atoms with Gasteiger partial charge in [-0.05, 0) is 19.5 Å². The van der Waals surface area contributed by atoms with Crippen molar-refractivity contribution in [1.29, 1.82) is 0 Å². The maximum atomic E-state index is 11.5. The average molecular weight is 386 g/mol. The molecule has 0 aliphatic heterocycles. The molecule has 3 aromatic rings. The van der Waals surface area contributed by atoms with Gasteiger partial charge >= 0.3 is 0 Å². The Hall–Kier alpha value is -2.90. The molecule has 3 aromatic carbocycles. The Morgan fingerprint density at radius 3 is 1.76 bits per heavy atom. The lowest BCUT2D eigenvalue weighted by molar-refractivity contribution is 0.0795. The van der Waals surface area contributed by atoms with Crippen LogP contribution in [0.25, 0.3) is 0 Å². The minimum absolute atomic E-state index is 0.117. The summed E-state index contributed by atoms with van der Waals surface area (Å²) in [5, 5.41) is 22.1. The van der Waals surface area contributed by atoms with Crippen LogP contribution in [-0.4, -0.2) is 34.7 Å². The first kappa shape index (κ1) is 20.8. The molecule has 3 nitrogen and oxygen atoms in total. The molecule has 2 atom stereocenters. The third-order valence-corrected chi connectivity index (χ3v) is 5.27. The van der Waals surface area contributed by atoms with Crippen LogP contribution < -0.4 is 0 Å². The molecule has 0 radical (unpaired) electrons. The SMILES string of the molecule is CC(C(O)c1ccccc1)N(C)CC#CC(O)(c1ccccc1)c1ccccc1. The Morgan fingerprint density at radius 2 is 1.28 bits per heavy atom. The number of aliphatic hydroxyl groups is 2. The smallest absolute Gasteiger partial charge is 0.176 e. The van der Waals surface area contributed by atoms with Gasteiger partial charge in [0.2, 0.25) is 0 Å². The van der Waals surface area contributed by atoms with E-state index in [0.29, 0.717) is 6.54 Å². The van der Waals surface area contributed by atoms with Crippen LogP contribution in [-0.2, 0) is 5.60 Å². The fourth-order valence-corrected chi connectivity index (χ4v) is 3.28. The van der Waals surface area contributed by atoms with Crippen molar-refractivity contribution in [2.24, 2.45) is 0 Å². The molecule has 0 spiro atoms. The minimum atomic E-state index is -1.38. The van der Waals surface area contributed by atoms with Crippen LogP contribution in [0.15, 0.2) is 91.0 Å². The molecule has 148 valence electrons.